The second kappa shape index (κ2) is 9.59. The molecule has 0 unspecified atom stereocenters. The Labute approximate surface area is 223 Å². The summed E-state index contributed by atoms with van der Waals surface area (Å²) in [5, 5.41) is 0. The van der Waals surface area contributed by atoms with Gasteiger partial charge in [-0.2, -0.15) is 13.2 Å². The molecule has 3 heterocycles. The molecule has 1 atom stereocenters. The summed E-state index contributed by atoms with van der Waals surface area (Å²) in [6.45, 7) is 14.2. The van der Waals surface area contributed by atoms with Gasteiger partial charge in [0.15, 0.2) is 0 Å². The summed E-state index contributed by atoms with van der Waals surface area (Å²) in [6, 6.07) is 5.73. The number of hydrogen-bond donors (Lipinski definition) is 0. The van der Waals surface area contributed by atoms with Crippen LogP contribution < -0.4 is 0 Å². The maximum absolute atomic E-state index is 13.3. The maximum Gasteiger partial charge on any atom is 0.416 e. The van der Waals surface area contributed by atoms with Crippen LogP contribution in [0.5, 0.6) is 0 Å². The lowest BCUT2D eigenvalue weighted by Crippen LogP contribution is -2.63. The van der Waals surface area contributed by atoms with Gasteiger partial charge in [0.1, 0.15) is 5.82 Å². The second-order valence-electron chi connectivity index (χ2n) is 11.7. The van der Waals surface area contributed by atoms with E-state index in [9.17, 15) is 18.0 Å². The van der Waals surface area contributed by atoms with E-state index in [1.807, 2.05) is 25.7 Å². The zero-order valence-corrected chi connectivity index (χ0v) is 23.0. The topological polar surface area (TPSA) is 52.6 Å². The van der Waals surface area contributed by atoms with Gasteiger partial charge in [-0.1, -0.05) is 12.1 Å². The number of benzene rings is 1. The van der Waals surface area contributed by atoms with Gasteiger partial charge in [-0.05, 0) is 78.0 Å². The van der Waals surface area contributed by atoms with Crippen molar-refractivity contribution in [1.82, 2.24) is 24.7 Å². The first-order chi connectivity index (χ1) is 17.8. The first-order valence-corrected chi connectivity index (χ1v) is 13.6. The predicted molar refractivity (Wildman–Crippen MR) is 140 cm³/mol. The number of piperazine rings is 1. The smallest absolute Gasteiger partial charge is 0.338 e. The molecule has 0 bridgehead atoms. The number of aromatic nitrogens is 2. The molecule has 5 rings (SSSR count). The molecule has 2 saturated heterocycles. The van der Waals surface area contributed by atoms with Crippen LogP contribution in [-0.2, 0) is 6.18 Å². The fourth-order valence-electron chi connectivity index (χ4n) is 6.64. The van der Waals surface area contributed by atoms with Gasteiger partial charge in [-0.3, -0.25) is 14.6 Å². The van der Waals surface area contributed by atoms with Crippen LogP contribution in [0, 0.1) is 20.8 Å². The number of hydrogen-bond acceptors (Lipinski definition) is 5. The van der Waals surface area contributed by atoms with Crippen molar-refractivity contribution in [3.63, 3.8) is 0 Å². The SMILES string of the molecule is Cc1nc(C)c(C(=O)N2CCC(C)(N3CCN([C@@H](C)c4ccc(C(F)(F)F)cc4)C4(CC4)C3)CC2)c(C)n1. The van der Waals surface area contributed by atoms with Gasteiger partial charge in [0, 0.05) is 49.8 Å². The van der Waals surface area contributed by atoms with Crippen molar-refractivity contribution in [2.24, 2.45) is 0 Å². The number of carbonyl (C=O) groups excluding carboxylic acids is 1. The average molecular weight is 530 g/mol. The third-order valence-corrected chi connectivity index (χ3v) is 9.21. The normalized spacial score (nSPS) is 22.5. The molecule has 0 N–H and O–H groups in total. The minimum atomic E-state index is -4.31. The summed E-state index contributed by atoms with van der Waals surface area (Å²) in [7, 11) is 0. The molecule has 2 aromatic rings. The number of piperidine rings is 1. The summed E-state index contributed by atoms with van der Waals surface area (Å²) in [4.78, 5) is 29.2. The summed E-state index contributed by atoms with van der Waals surface area (Å²) in [6.07, 6.45) is -0.267. The van der Waals surface area contributed by atoms with Crippen LogP contribution in [0.2, 0.25) is 0 Å². The van der Waals surface area contributed by atoms with E-state index in [4.69, 9.17) is 0 Å². The largest absolute Gasteiger partial charge is 0.416 e. The zero-order chi connectivity index (χ0) is 27.5. The number of nitrogens with zero attached hydrogens (tertiary/aromatic N) is 5. The highest BCUT2D eigenvalue weighted by Crippen LogP contribution is 2.50. The first kappa shape index (κ1) is 27.1. The third-order valence-electron chi connectivity index (χ3n) is 9.21. The van der Waals surface area contributed by atoms with Crippen LogP contribution in [0.15, 0.2) is 24.3 Å². The quantitative estimate of drug-likeness (QED) is 0.536. The van der Waals surface area contributed by atoms with Crippen molar-refractivity contribution in [2.75, 3.05) is 32.7 Å². The first-order valence-electron chi connectivity index (χ1n) is 13.6. The number of likely N-dealkylation sites (tertiary alicyclic amines) is 1. The average Bonchev–Trinajstić information content (AvgIpc) is 3.62. The second-order valence-corrected chi connectivity index (χ2v) is 11.7. The molecule has 3 fully saturated rings. The Hall–Kier alpha value is -2.52. The highest BCUT2D eigenvalue weighted by molar-refractivity contribution is 5.96. The van der Waals surface area contributed by atoms with Gasteiger partial charge >= 0.3 is 6.18 Å². The zero-order valence-electron chi connectivity index (χ0n) is 23.0. The number of aryl methyl sites for hydroxylation is 3. The van der Waals surface area contributed by atoms with Crippen molar-refractivity contribution in [3.05, 3.63) is 58.2 Å². The molecule has 6 nitrogen and oxygen atoms in total. The van der Waals surface area contributed by atoms with Crippen molar-refractivity contribution >= 4 is 5.91 Å². The molecular formula is C29H38F3N5O. The van der Waals surface area contributed by atoms with Crippen LogP contribution in [-0.4, -0.2) is 74.4 Å². The van der Waals surface area contributed by atoms with Crippen LogP contribution in [0.4, 0.5) is 13.2 Å². The standard InChI is InChI=1S/C29H38F3N5O/c1-19-25(20(2)34-22(4)33-19)26(38)35-14-12-27(5,13-15-35)36-16-17-37(28(18-36)10-11-28)21(3)23-6-8-24(9-7-23)29(30,31)32/h6-9,21H,10-18H2,1-5H3/t21-/m0/s1. The maximum atomic E-state index is 13.3. The Morgan fingerprint density at radius 3 is 2.03 bits per heavy atom. The van der Waals surface area contributed by atoms with Gasteiger partial charge in [0.2, 0.25) is 0 Å². The molecular weight excluding hydrogens is 491 g/mol. The van der Waals surface area contributed by atoms with Gasteiger partial charge in [-0.25, -0.2) is 9.97 Å². The molecule has 1 aromatic carbocycles. The van der Waals surface area contributed by atoms with Crippen LogP contribution >= 0.6 is 0 Å². The monoisotopic (exact) mass is 529 g/mol. The number of alkyl halides is 3. The van der Waals surface area contributed by atoms with E-state index in [-0.39, 0.29) is 23.0 Å². The van der Waals surface area contributed by atoms with E-state index in [0.717, 1.165) is 62.3 Å². The van der Waals surface area contributed by atoms with Crippen LogP contribution in [0.25, 0.3) is 0 Å². The molecule has 9 heteroatoms. The molecule has 1 aliphatic carbocycles. The molecule has 3 aliphatic rings. The van der Waals surface area contributed by atoms with Gasteiger partial charge in [-0.15, -0.1) is 0 Å². The Morgan fingerprint density at radius 1 is 0.921 bits per heavy atom. The Bertz CT molecular complexity index is 1180. The third kappa shape index (κ3) is 4.95. The number of amides is 1. The van der Waals surface area contributed by atoms with Crippen molar-refractivity contribution < 1.29 is 18.0 Å². The number of halogens is 3. The molecule has 2 aliphatic heterocycles. The molecule has 1 spiro atoms. The molecule has 206 valence electrons. The van der Waals surface area contributed by atoms with E-state index in [0.29, 0.717) is 24.5 Å². The van der Waals surface area contributed by atoms with Crippen LogP contribution in [0.3, 0.4) is 0 Å². The van der Waals surface area contributed by atoms with Gasteiger partial charge in [0.25, 0.3) is 5.91 Å². The lowest BCUT2D eigenvalue weighted by atomic mass is 9.85. The highest BCUT2D eigenvalue weighted by atomic mass is 19.4. The number of carbonyl (C=O) groups is 1. The molecule has 1 aromatic heterocycles. The van der Waals surface area contributed by atoms with Gasteiger partial charge < -0.3 is 4.90 Å². The number of rotatable bonds is 4. The fraction of sp³-hybridized carbons (Fsp3) is 0.621. The summed E-state index contributed by atoms with van der Waals surface area (Å²) < 4.78 is 39.1. The van der Waals surface area contributed by atoms with E-state index < -0.39 is 11.7 Å². The lowest BCUT2D eigenvalue weighted by molar-refractivity contribution is -0.137. The Balaban J connectivity index is 1.23. The van der Waals surface area contributed by atoms with E-state index >= 15 is 0 Å². The minimum absolute atomic E-state index is 0.0178. The van der Waals surface area contributed by atoms with E-state index in [2.05, 4.69) is 33.6 Å². The van der Waals surface area contributed by atoms with Gasteiger partial charge in [0.05, 0.1) is 22.5 Å². The van der Waals surface area contributed by atoms with E-state index in [1.54, 1.807) is 12.1 Å². The lowest BCUT2D eigenvalue weighted by Gasteiger charge is -2.53. The molecule has 1 amide bonds. The van der Waals surface area contributed by atoms with Crippen molar-refractivity contribution in [2.45, 2.75) is 83.6 Å². The Kier molecular flexibility index (Phi) is 6.83. The summed E-state index contributed by atoms with van der Waals surface area (Å²) in [5.74, 6) is 0.708. The summed E-state index contributed by atoms with van der Waals surface area (Å²) in [5.41, 5.74) is 2.54. The molecule has 1 saturated carbocycles. The minimum Gasteiger partial charge on any atom is -0.338 e. The van der Waals surface area contributed by atoms with E-state index in [1.165, 1.54) is 12.1 Å². The fourth-order valence-corrected chi connectivity index (χ4v) is 6.64. The highest BCUT2D eigenvalue weighted by Gasteiger charge is 2.55. The van der Waals surface area contributed by atoms with Crippen LogP contribution in [0.1, 0.15) is 84.3 Å². The predicted octanol–water partition coefficient (Wildman–Crippen LogP) is 5.33. The van der Waals surface area contributed by atoms with Crippen molar-refractivity contribution in [1.29, 1.82) is 0 Å². The Morgan fingerprint density at radius 2 is 1.50 bits per heavy atom. The summed E-state index contributed by atoms with van der Waals surface area (Å²) >= 11 is 0. The molecule has 0 radical (unpaired) electrons. The molecule has 38 heavy (non-hydrogen) atoms. The van der Waals surface area contributed by atoms with Crippen molar-refractivity contribution in [3.8, 4) is 0 Å².